The van der Waals surface area contributed by atoms with E-state index in [1.807, 2.05) is 20.8 Å². The Morgan fingerprint density at radius 1 is 1.26 bits per heavy atom. The van der Waals surface area contributed by atoms with Gasteiger partial charge in [-0.25, -0.2) is 0 Å². The molecule has 0 fully saturated rings. The van der Waals surface area contributed by atoms with Crippen LogP contribution in [-0.2, 0) is 11.0 Å². The Morgan fingerprint density at radius 3 is 2.35 bits per heavy atom. The molecule has 2 atom stereocenters. The van der Waals surface area contributed by atoms with Crippen LogP contribution in [-0.4, -0.2) is 24.6 Å². The normalized spacial score (nSPS) is 15.0. The molecule has 0 aliphatic heterocycles. The highest BCUT2D eigenvalue weighted by molar-refractivity contribution is 5.82. The van der Waals surface area contributed by atoms with Crippen molar-refractivity contribution in [3.05, 3.63) is 29.8 Å². The fraction of sp³-hybridized carbons (Fsp3) is 0.562. The van der Waals surface area contributed by atoms with Crippen molar-refractivity contribution in [2.75, 3.05) is 6.61 Å². The van der Waals surface area contributed by atoms with Gasteiger partial charge < -0.3 is 15.8 Å². The van der Waals surface area contributed by atoms with Gasteiger partial charge in [0.25, 0.3) is 0 Å². The van der Waals surface area contributed by atoms with E-state index in [9.17, 15) is 18.0 Å². The van der Waals surface area contributed by atoms with Crippen LogP contribution in [0.2, 0.25) is 0 Å². The monoisotopic (exact) mass is 332 g/mol. The van der Waals surface area contributed by atoms with Crippen molar-refractivity contribution in [3.8, 4) is 5.75 Å². The molecule has 7 heteroatoms. The van der Waals surface area contributed by atoms with Crippen LogP contribution in [0.25, 0.3) is 0 Å². The van der Waals surface area contributed by atoms with Gasteiger partial charge in [-0.2, -0.15) is 13.2 Å². The third-order valence-corrected chi connectivity index (χ3v) is 3.29. The van der Waals surface area contributed by atoms with E-state index in [0.717, 1.165) is 6.07 Å². The minimum absolute atomic E-state index is 0.0876. The quantitative estimate of drug-likeness (QED) is 0.871. The lowest BCUT2D eigenvalue weighted by molar-refractivity contribution is -0.139. The maximum atomic E-state index is 12.9. The fourth-order valence-corrected chi connectivity index (χ4v) is 1.81. The lowest BCUT2D eigenvalue weighted by Gasteiger charge is -2.27. The van der Waals surface area contributed by atoms with E-state index in [0.29, 0.717) is 0 Å². The topological polar surface area (TPSA) is 64.3 Å². The maximum Gasteiger partial charge on any atom is 0.419 e. The van der Waals surface area contributed by atoms with Crippen molar-refractivity contribution < 1.29 is 22.7 Å². The van der Waals surface area contributed by atoms with Crippen molar-refractivity contribution in [2.24, 2.45) is 11.1 Å². The Morgan fingerprint density at radius 2 is 1.83 bits per heavy atom. The molecule has 1 rings (SSSR count). The van der Waals surface area contributed by atoms with Gasteiger partial charge >= 0.3 is 6.18 Å². The van der Waals surface area contributed by atoms with Gasteiger partial charge in [0.2, 0.25) is 5.91 Å². The second-order valence-electron chi connectivity index (χ2n) is 6.56. The third kappa shape index (κ3) is 5.74. The van der Waals surface area contributed by atoms with E-state index >= 15 is 0 Å². The Labute approximate surface area is 134 Å². The number of hydrogen-bond acceptors (Lipinski definition) is 3. The first-order valence-corrected chi connectivity index (χ1v) is 7.28. The molecule has 0 aromatic heterocycles. The van der Waals surface area contributed by atoms with Gasteiger partial charge in [0.1, 0.15) is 12.4 Å². The van der Waals surface area contributed by atoms with Crippen LogP contribution in [0.1, 0.15) is 33.3 Å². The smallest absolute Gasteiger partial charge is 0.419 e. The summed E-state index contributed by atoms with van der Waals surface area (Å²) in [5, 5.41) is 2.64. The molecule has 0 heterocycles. The van der Waals surface area contributed by atoms with E-state index in [1.165, 1.54) is 18.2 Å². The zero-order chi connectivity index (χ0) is 17.8. The summed E-state index contributed by atoms with van der Waals surface area (Å²) in [6, 6.07) is 3.77. The maximum absolute atomic E-state index is 12.9. The highest BCUT2D eigenvalue weighted by Gasteiger charge is 2.34. The van der Waals surface area contributed by atoms with Crippen molar-refractivity contribution in [3.63, 3.8) is 0 Å². The SMILES string of the molecule is CC(COc1ccccc1C(F)(F)F)NC(=O)[C@@H](N)C(C)(C)C. The lowest BCUT2D eigenvalue weighted by Crippen LogP contribution is -2.51. The third-order valence-electron chi connectivity index (χ3n) is 3.29. The van der Waals surface area contributed by atoms with Crippen molar-refractivity contribution >= 4 is 5.91 Å². The molecule has 0 spiro atoms. The average molecular weight is 332 g/mol. The number of nitrogens with two attached hydrogens (primary N) is 1. The molecule has 0 aliphatic carbocycles. The number of nitrogens with one attached hydrogen (secondary N) is 1. The van der Waals surface area contributed by atoms with Crippen LogP contribution in [0.4, 0.5) is 13.2 Å². The van der Waals surface area contributed by atoms with Gasteiger partial charge in [0.05, 0.1) is 17.6 Å². The molecular weight excluding hydrogens is 309 g/mol. The summed E-state index contributed by atoms with van der Waals surface area (Å²) in [5.74, 6) is -0.626. The number of amides is 1. The number of hydrogen-bond donors (Lipinski definition) is 2. The summed E-state index contributed by atoms with van der Waals surface area (Å²) >= 11 is 0. The fourth-order valence-electron chi connectivity index (χ4n) is 1.81. The predicted octanol–water partition coefficient (Wildman–Crippen LogP) is 2.96. The van der Waals surface area contributed by atoms with Gasteiger partial charge in [-0.3, -0.25) is 4.79 Å². The minimum atomic E-state index is -4.49. The first-order valence-electron chi connectivity index (χ1n) is 7.28. The number of alkyl halides is 3. The Hall–Kier alpha value is -1.76. The number of ether oxygens (including phenoxy) is 1. The molecule has 1 amide bonds. The van der Waals surface area contributed by atoms with Gasteiger partial charge in [0.15, 0.2) is 0 Å². The molecule has 1 aromatic carbocycles. The number of carbonyl (C=O) groups is 1. The molecule has 0 saturated carbocycles. The number of benzene rings is 1. The molecule has 0 saturated heterocycles. The summed E-state index contributed by atoms with van der Waals surface area (Å²) in [7, 11) is 0. The first-order chi connectivity index (χ1) is 10.4. The first kappa shape index (κ1) is 19.3. The van der Waals surface area contributed by atoms with E-state index < -0.39 is 29.2 Å². The van der Waals surface area contributed by atoms with E-state index in [2.05, 4.69) is 5.32 Å². The highest BCUT2D eigenvalue weighted by Crippen LogP contribution is 2.35. The van der Waals surface area contributed by atoms with Crippen LogP contribution in [0.5, 0.6) is 5.75 Å². The standard InChI is InChI=1S/C16H23F3N2O2/c1-10(21-14(22)13(20)15(2,3)4)9-23-12-8-6-5-7-11(12)16(17,18)19/h5-8,10,13H,9,20H2,1-4H3,(H,21,22)/t10?,13-/m1/s1. The van der Waals surface area contributed by atoms with E-state index in [4.69, 9.17) is 10.5 Å². The van der Waals surface area contributed by atoms with Crippen LogP contribution < -0.4 is 15.8 Å². The zero-order valence-corrected chi connectivity index (χ0v) is 13.7. The van der Waals surface area contributed by atoms with Gasteiger partial charge in [-0.15, -0.1) is 0 Å². The molecule has 1 unspecified atom stereocenters. The largest absolute Gasteiger partial charge is 0.491 e. The zero-order valence-electron chi connectivity index (χ0n) is 13.7. The van der Waals surface area contributed by atoms with Crippen LogP contribution >= 0.6 is 0 Å². The molecule has 130 valence electrons. The predicted molar refractivity (Wildman–Crippen MR) is 82.0 cm³/mol. The second-order valence-corrected chi connectivity index (χ2v) is 6.56. The summed E-state index contributed by atoms with van der Waals surface area (Å²) in [4.78, 5) is 12.0. The molecule has 4 nitrogen and oxygen atoms in total. The second kappa shape index (κ2) is 7.21. The molecule has 3 N–H and O–H groups in total. The van der Waals surface area contributed by atoms with Crippen LogP contribution in [0, 0.1) is 5.41 Å². The van der Waals surface area contributed by atoms with Crippen molar-refractivity contribution in [2.45, 2.75) is 46.0 Å². The number of carbonyl (C=O) groups excluding carboxylic acids is 1. The summed E-state index contributed by atoms with van der Waals surface area (Å²) in [6.45, 7) is 7.05. The van der Waals surface area contributed by atoms with Gasteiger partial charge in [-0.1, -0.05) is 32.9 Å². The summed E-state index contributed by atoms with van der Waals surface area (Å²) in [6.07, 6.45) is -4.49. The number of rotatable bonds is 5. The highest BCUT2D eigenvalue weighted by atomic mass is 19.4. The van der Waals surface area contributed by atoms with Gasteiger partial charge in [-0.05, 0) is 24.5 Å². The summed E-state index contributed by atoms with van der Waals surface area (Å²) in [5.41, 5.74) is 4.58. The van der Waals surface area contributed by atoms with E-state index in [-0.39, 0.29) is 18.3 Å². The lowest BCUT2D eigenvalue weighted by atomic mass is 9.87. The number of para-hydroxylation sites is 1. The number of halogens is 3. The Bertz CT molecular complexity index is 539. The van der Waals surface area contributed by atoms with Crippen LogP contribution in [0.3, 0.4) is 0 Å². The molecule has 0 radical (unpaired) electrons. The minimum Gasteiger partial charge on any atom is -0.491 e. The molecule has 0 bridgehead atoms. The Kier molecular flexibility index (Phi) is 6.04. The van der Waals surface area contributed by atoms with Gasteiger partial charge in [0, 0.05) is 0 Å². The molecule has 1 aromatic rings. The van der Waals surface area contributed by atoms with Crippen molar-refractivity contribution in [1.82, 2.24) is 5.32 Å². The van der Waals surface area contributed by atoms with Crippen molar-refractivity contribution in [1.29, 1.82) is 0 Å². The Balaban J connectivity index is 2.65. The average Bonchev–Trinajstić information content (AvgIpc) is 2.42. The molecule has 0 aliphatic rings. The molecular formula is C16H23F3N2O2. The summed E-state index contributed by atoms with van der Waals surface area (Å²) < 4.78 is 43.8. The molecule has 23 heavy (non-hydrogen) atoms. The van der Waals surface area contributed by atoms with Crippen LogP contribution in [0.15, 0.2) is 24.3 Å². The van der Waals surface area contributed by atoms with E-state index in [1.54, 1.807) is 6.92 Å².